The molecule has 6 nitrogen and oxygen atoms in total. The van der Waals surface area contributed by atoms with Crippen molar-refractivity contribution in [1.82, 2.24) is 27.4 Å². The summed E-state index contributed by atoms with van der Waals surface area (Å²) in [7, 11) is 0. The lowest BCUT2D eigenvalue weighted by molar-refractivity contribution is 1.18. The van der Waals surface area contributed by atoms with Crippen LogP contribution in [-0.2, 0) is 0 Å². The third-order valence-electron chi connectivity index (χ3n) is 30.5. The van der Waals surface area contributed by atoms with Crippen LogP contribution in [0.5, 0.6) is 0 Å². The Hall–Kier alpha value is -19.4. The number of aromatic nitrogens is 6. The van der Waals surface area contributed by atoms with E-state index in [9.17, 15) is 0 Å². The largest absolute Gasteiger partial charge is 0.309 e. The predicted octanol–water partition coefficient (Wildman–Crippen LogP) is 37.7. The number of hydrogen-bond donors (Lipinski definition) is 0. The summed E-state index contributed by atoms with van der Waals surface area (Å²) < 4.78 is 14.4. The van der Waals surface area contributed by atoms with Crippen LogP contribution >= 0.6 is 0 Å². The second-order valence-electron chi connectivity index (χ2n) is 38.6. The van der Waals surface area contributed by atoms with E-state index < -0.39 is 0 Å². The first-order chi connectivity index (χ1) is 72.4. The van der Waals surface area contributed by atoms with Crippen LogP contribution in [0.3, 0.4) is 0 Å². The molecule has 0 aliphatic heterocycles. The Labute approximate surface area is 841 Å². The van der Waals surface area contributed by atoms with Gasteiger partial charge in [-0.25, -0.2) is 0 Å². The standard InChI is InChI=1S/C50H32N2.C46H30N2.C44H28N2/c1-3-11-37-29-41(25-21-33(37)9-1)51-47-15-7-5-13-43(47)45-31-39(23-27-49(45)51)35-17-19-36(20-18-35)40-24-28-50-46(32-40)44-14-6-8-16-48(44)52(50)42-26-22-34-10-2-4-12-38(34)30-42;1-2-13-36(14-3-1)47-43-18-8-6-16-38(43)40-29-34(25-27-45(40)47)31-21-23-32(24-22-31)35-26-28-46-41(30-35)39-17-7-9-19-44(39)48(46)42-20-10-12-33-11-4-5-15-37(33)42;1-3-15-33-29(11-1)13-9-21-39(33)45-41-19-7-5-17-35(41)37-27-31(23-25-43(37)45)32-24-26-44-38(28-32)36-18-6-8-20-42(36)46(44)40-22-10-14-30-12-2-4-16-34(30)40/h1-32H;1-30H;1-28H. The molecule has 0 N–H and O–H groups in total. The van der Waals surface area contributed by atoms with E-state index in [2.05, 4.69) is 573 Å². The van der Waals surface area contributed by atoms with E-state index in [4.69, 9.17) is 0 Å². The van der Waals surface area contributed by atoms with Gasteiger partial charge in [-0.2, -0.15) is 0 Å². The van der Waals surface area contributed by atoms with E-state index in [0.29, 0.717) is 0 Å². The minimum absolute atomic E-state index is 1.18. The number of nitrogens with zero attached hydrogens (tertiary/aromatic N) is 6. The van der Waals surface area contributed by atoms with Crippen molar-refractivity contribution in [2.45, 2.75) is 0 Å². The van der Waals surface area contributed by atoms with Gasteiger partial charge in [0.25, 0.3) is 0 Å². The van der Waals surface area contributed by atoms with Gasteiger partial charge in [-0.15, -0.1) is 0 Å². The Bertz CT molecular complexity index is 10300. The summed E-state index contributed by atoms with van der Waals surface area (Å²) in [5.41, 5.74) is 34.0. The minimum Gasteiger partial charge on any atom is -0.309 e. The van der Waals surface area contributed by atoms with Crippen LogP contribution in [0.15, 0.2) is 546 Å². The van der Waals surface area contributed by atoms with Crippen molar-refractivity contribution >= 4 is 185 Å². The first kappa shape index (κ1) is 83.6. The van der Waals surface area contributed by atoms with Crippen LogP contribution in [0, 0.1) is 0 Å². The van der Waals surface area contributed by atoms with E-state index in [1.807, 2.05) is 0 Å². The molecule has 25 aromatic carbocycles. The number of fused-ring (bicyclic) bond motifs is 23. The fraction of sp³-hybridized carbons (Fsp3) is 0. The van der Waals surface area contributed by atoms with Gasteiger partial charge in [-0.05, 0) is 257 Å². The van der Waals surface area contributed by atoms with Gasteiger partial charge >= 0.3 is 0 Å². The Kier molecular flexibility index (Phi) is 19.6. The Morgan fingerprint density at radius 1 is 0.0890 bits per heavy atom. The van der Waals surface area contributed by atoms with Crippen molar-refractivity contribution < 1.29 is 0 Å². The van der Waals surface area contributed by atoms with Crippen molar-refractivity contribution in [2.24, 2.45) is 0 Å². The van der Waals surface area contributed by atoms with Gasteiger partial charge in [-0.1, -0.05) is 382 Å². The summed E-state index contributed by atoms with van der Waals surface area (Å²) in [5, 5.41) is 27.7. The molecular weight excluding hydrogens is 1770 g/mol. The lowest BCUT2D eigenvalue weighted by Crippen LogP contribution is -1.95. The lowest BCUT2D eigenvalue weighted by Gasteiger charge is -2.12. The van der Waals surface area contributed by atoms with Crippen LogP contribution in [0.1, 0.15) is 0 Å². The Morgan fingerprint density at radius 2 is 0.281 bits per heavy atom. The molecule has 146 heavy (non-hydrogen) atoms. The fourth-order valence-corrected chi connectivity index (χ4v) is 23.7. The highest BCUT2D eigenvalue weighted by Crippen LogP contribution is 2.47. The molecule has 0 aliphatic carbocycles. The summed E-state index contributed by atoms with van der Waals surface area (Å²) in [6.45, 7) is 0. The Balaban J connectivity index is 0.000000104. The molecule has 0 fully saturated rings. The zero-order valence-electron chi connectivity index (χ0n) is 79.6. The first-order valence-electron chi connectivity index (χ1n) is 50.3. The molecule has 31 aromatic rings. The molecule has 6 heterocycles. The SMILES string of the molecule is c1ccc(-n2c3ccccc3c3cc(-c4ccc(-c5ccc6c(c5)c5ccccc5n6-c5cccc6ccccc56)cc4)ccc32)cc1.c1ccc2c(-n3c4ccccc4c4cc(-c5ccc6c(c5)c5ccccc5n6-c5cccc6ccccc56)ccc43)cccc2c1.c1ccc2cc(-n3c4ccccc4c4cc(-c5ccc(-c6ccc7c(c6)c6ccccc6n7-c6ccc7ccccc7c6)cc5)ccc43)ccc2c1. The molecule has 0 saturated heterocycles. The summed E-state index contributed by atoms with van der Waals surface area (Å²) in [4.78, 5) is 0. The molecule has 31 rings (SSSR count). The molecule has 6 aromatic heterocycles. The van der Waals surface area contributed by atoms with Gasteiger partial charge in [0.1, 0.15) is 0 Å². The topological polar surface area (TPSA) is 29.6 Å². The van der Waals surface area contributed by atoms with Gasteiger partial charge in [0, 0.05) is 97.9 Å². The van der Waals surface area contributed by atoms with Gasteiger partial charge in [0.05, 0.1) is 83.3 Å². The maximum Gasteiger partial charge on any atom is 0.0541 e. The molecule has 0 bridgehead atoms. The van der Waals surface area contributed by atoms with Crippen molar-refractivity contribution in [1.29, 1.82) is 0 Å². The van der Waals surface area contributed by atoms with Gasteiger partial charge in [0.15, 0.2) is 0 Å². The number of hydrogen-bond acceptors (Lipinski definition) is 0. The average molecular weight is 1860 g/mol. The molecule has 0 aliphatic rings. The molecule has 6 heteroatoms. The van der Waals surface area contributed by atoms with E-state index in [1.54, 1.807) is 0 Å². The number of rotatable bonds is 11. The molecule has 680 valence electrons. The smallest absolute Gasteiger partial charge is 0.0541 e. The molecule has 0 unspecified atom stereocenters. The highest BCUT2D eigenvalue weighted by molar-refractivity contribution is 6.18. The second kappa shape index (κ2) is 34.3. The quantitative estimate of drug-likeness (QED) is 0.124. The van der Waals surface area contributed by atoms with Crippen LogP contribution < -0.4 is 0 Å². The summed E-state index contributed by atoms with van der Waals surface area (Å²) in [6.07, 6.45) is 0. The predicted molar refractivity (Wildman–Crippen MR) is 620 cm³/mol. The van der Waals surface area contributed by atoms with Gasteiger partial charge in [0.2, 0.25) is 0 Å². The van der Waals surface area contributed by atoms with Crippen molar-refractivity contribution in [3.05, 3.63) is 546 Å². The third-order valence-corrected chi connectivity index (χ3v) is 30.5. The molecule has 0 atom stereocenters. The van der Waals surface area contributed by atoms with E-state index in [-0.39, 0.29) is 0 Å². The maximum absolute atomic E-state index is 2.43. The molecule has 0 saturated carbocycles. The van der Waals surface area contributed by atoms with Crippen LogP contribution in [-0.4, -0.2) is 27.4 Å². The number of para-hydroxylation sites is 7. The molecule has 0 radical (unpaired) electrons. The van der Waals surface area contributed by atoms with Crippen LogP contribution in [0.25, 0.3) is 274 Å². The van der Waals surface area contributed by atoms with E-state index >= 15 is 0 Å². The van der Waals surface area contributed by atoms with Crippen LogP contribution in [0.4, 0.5) is 0 Å². The van der Waals surface area contributed by atoms with Gasteiger partial charge < -0.3 is 27.4 Å². The maximum atomic E-state index is 2.43. The molecule has 0 amide bonds. The third kappa shape index (κ3) is 13.8. The minimum atomic E-state index is 1.18. The fourth-order valence-electron chi connectivity index (χ4n) is 23.7. The monoisotopic (exact) mass is 1850 g/mol. The van der Waals surface area contributed by atoms with E-state index in [1.165, 1.54) is 274 Å². The van der Waals surface area contributed by atoms with Crippen LogP contribution in [0.2, 0.25) is 0 Å². The lowest BCUT2D eigenvalue weighted by atomic mass is 9.98. The van der Waals surface area contributed by atoms with Crippen molar-refractivity contribution in [2.75, 3.05) is 0 Å². The zero-order valence-corrected chi connectivity index (χ0v) is 79.6. The zero-order chi connectivity index (χ0) is 96.0. The summed E-state index contributed by atoms with van der Waals surface area (Å²) in [6, 6.07) is 199. The van der Waals surface area contributed by atoms with Crippen molar-refractivity contribution in [3.8, 4) is 89.8 Å². The highest BCUT2D eigenvalue weighted by Gasteiger charge is 2.24. The Morgan fingerprint density at radius 3 is 0.562 bits per heavy atom. The molecule has 0 spiro atoms. The molecular formula is C140H90N6. The second-order valence-corrected chi connectivity index (χ2v) is 38.6. The summed E-state index contributed by atoms with van der Waals surface area (Å²) >= 11 is 0. The average Bonchev–Trinajstić information content (AvgIpc) is 1.60. The van der Waals surface area contributed by atoms with Gasteiger partial charge in [-0.3, -0.25) is 0 Å². The first-order valence-corrected chi connectivity index (χ1v) is 50.3. The van der Waals surface area contributed by atoms with E-state index in [0.717, 1.165) is 0 Å². The highest BCUT2D eigenvalue weighted by atomic mass is 15.0. The number of benzene rings is 25. The summed E-state index contributed by atoms with van der Waals surface area (Å²) in [5.74, 6) is 0. The normalized spacial score (nSPS) is 11.8. The van der Waals surface area contributed by atoms with Crippen molar-refractivity contribution in [3.63, 3.8) is 0 Å².